The predicted molar refractivity (Wildman–Crippen MR) is 80.2 cm³/mol. The van der Waals surface area contributed by atoms with E-state index in [9.17, 15) is 0 Å². The van der Waals surface area contributed by atoms with Gasteiger partial charge in [0.15, 0.2) is 10.4 Å². The van der Waals surface area contributed by atoms with Crippen molar-refractivity contribution in [2.45, 2.75) is 26.3 Å². The van der Waals surface area contributed by atoms with Gasteiger partial charge in [-0.1, -0.05) is 6.92 Å². The van der Waals surface area contributed by atoms with E-state index in [1.54, 1.807) is 0 Å². The van der Waals surface area contributed by atoms with Crippen LogP contribution in [-0.4, -0.2) is 28.9 Å². The molecule has 0 amide bonds. The van der Waals surface area contributed by atoms with Crippen LogP contribution in [0.3, 0.4) is 0 Å². The Labute approximate surface area is 122 Å². The van der Waals surface area contributed by atoms with Crippen molar-refractivity contribution in [1.82, 2.24) is 28.9 Å². The number of aryl methyl sites for hydroxylation is 5. The van der Waals surface area contributed by atoms with Crippen molar-refractivity contribution in [2.24, 2.45) is 14.1 Å². The molecule has 0 aliphatic rings. The molecule has 3 aromatic heterocycles. The lowest BCUT2D eigenvalue weighted by atomic mass is 10.3. The second-order valence-corrected chi connectivity index (χ2v) is 5.30. The molecule has 20 heavy (non-hydrogen) atoms. The molecule has 0 unspecified atom stereocenters. The summed E-state index contributed by atoms with van der Waals surface area (Å²) in [5.41, 5.74) is 3.17. The van der Waals surface area contributed by atoms with Crippen LogP contribution in [0.25, 0.3) is 11.2 Å². The standard InChI is InChI=1S/C13H18N6S/c1-4-9-11-12(18(3)16-9)19(13(20)15-11)7-5-10-14-6-8-17(10)2/h6,8H,4-5,7H2,1-3H3,(H,15,20). The van der Waals surface area contributed by atoms with Crippen LogP contribution >= 0.6 is 12.2 Å². The van der Waals surface area contributed by atoms with Crippen molar-refractivity contribution in [3.8, 4) is 0 Å². The number of nitrogens with zero attached hydrogens (tertiary/aromatic N) is 5. The van der Waals surface area contributed by atoms with E-state index in [-0.39, 0.29) is 0 Å². The molecule has 0 aliphatic carbocycles. The number of nitrogens with one attached hydrogen (secondary N) is 1. The Morgan fingerprint density at radius 2 is 2.15 bits per heavy atom. The Morgan fingerprint density at radius 1 is 1.35 bits per heavy atom. The fraction of sp³-hybridized carbons (Fsp3) is 0.462. The quantitative estimate of drug-likeness (QED) is 0.747. The van der Waals surface area contributed by atoms with Crippen LogP contribution in [0.5, 0.6) is 0 Å². The lowest BCUT2D eigenvalue weighted by molar-refractivity contribution is 0.633. The van der Waals surface area contributed by atoms with Crippen LogP contribution in [0.2, 0.25) is 0 Å². The van der Waals surface area contributed by atoms with Crippen LogP contribution < -0.4 is 0 Å². The van der Waals surface area contributed by atoms with Crippen molar-refractivity contribution >= 4 is 23.4 Å². The third-order valence-electron chi connectivity index (χ3n) is 3.64. The van der Waals surface area contributed by atoms with Gasteiger partial charge in [0.05, 0.1) is 5.69 Å². The molecular formula is C13H18N6S. The highest BCUT2D eigenvalue weighted by molar-refractivity contribution is 7.71. The molecule has 0 atom stereocenters. The summed E-state index contributed by atoms with van der Waals surface area (Å²) < 4.78 is 6.79. The van der Waals surface area contributed by atoms with Gasteiger partial charge in [-0.05, 0) is 18.6 Å². The van der Waals surface area contributed by atoms with Gasteiger partial charge >= 0.3 is 0 Å². The number of imidazole rings is 2. The molecule has 3 heterocycles. The van der Waals surface area contributed by atoms with Gasteiger partial charge in [0.1, 0.15) is 11.3 Å². The summed E-state index contributed by atoms with van der Waals surface area (Å²) in [6.07, 6.45) is 5.52. The molecule has 7 heteroatoms. The van der Waals surface area contributed by atoms with Crippen LogP contribution in [0.4, 0.5) is 0 Å². The maximum absolute atomic E-state index is 5.44. The molecule has 0 spiro atoms. The first-order valence-electron chi connectivity index (χ1n) is 6.72. The summed E-state index contributed by atoms with van der Waals surface area (Å²) in [5.74, 6) is 1.05. The first kappa shape index (κ1) is 13.1. The van der Waals surface area contributed by atoms with Gasteiger partial charge in [-0.25, -0.2) is 4.98 Å². The van der Waals surface area contributed by atoms with E-state index >= 15 is 0 Å². The number of H-pyrrole nitrogens is 1. The van der Waals surface area contributed by atoms with Crippen molar-refractivity contribution in [1.29, 1.82) is 0 Å². The van der Waals surface area contributed by atoms with Crippen LogP contribution in [-0.2, 0) is 33.5 Å². The predicted octanol–water partition coefficient (Wildman–Crippen LogP) is 1.97. The number of aromatic nitrogens is 6. The first-order chi connectivity index (χ1) is 9.61. The summed E-state index contributed by atoms with van der Waals surface area (Å²) >= 11 is 5.44. The Bertz CT molecular complexity index is 803. The molecule has 0 radical (unpaired) electrons. The summed E-state index contributed by atoms with van der Waals surface area (Å²) in [4.78, 5) is 7.63. The molecule has 106 valence electrons. The van der Waals surface area contributed by atoms with E-state index in [1.807, 2.05) is 35.7 Å². The van der Waals surface area contributed by atoms with E-state index in [1.165, 1.54) is 0 Å². The first-order valence-corrected chi connectivity index (χ1v) is 7.13. The maximum Gasteiger partial charge on any atom is 0.179 e. The lowest BCUT2D eigenvalue weighted by Crippen LogP contribution is -2.08. The molecule has 0 saturated heterocycles. The fourth-order valence-electron chi connectivity index (χ4n) is 2.58. The van der Waals surface area contributed by atoms with Gasteiger partial charge in [0.2, 0.25) is 0 Å². The van der Waals surface area contributed by atoms with Gasteiger partial charge in [-0.15, -0.1) is 0 Å². The van der Waals surface area contributed by atoms with Crippen LogP contribution in [0.15, 0.2) is 12.4 Å². The summed E-state index contributed by atoms with van der Waals surface area (Å²) in [6.45, 7) is 2.90. The van der Waals surface area contributed by atoms with Crippen LogP contribution in [0.1, 0.15) is 18.4 Å². The zero-order valence-electron chi connectivity index (χ0n) is 11.9. The smallest absolute Gasteiger partial charge is 0.179 e. The van der Waals surface area contributed by atoms with Crippen LogP contribution in [0, 0.1) is 4.77 Å². The Morgan fingerprint density at radius 3 is 2.80 bits per heavy atom. The highest BCUT2D eigenvalue weighted by atomic mass is 32.1. The number of aromatic amines is 1. The van der Waals surface area contributed by atoms with Gasteiger partial charge < -0.3 is 14.1 Å². The molecule has 3 aromatic rings. The number of hydrogen-bond acceptors (Lipinski definition) is 3. The SMILES string of the molecule is CCc1nn(C)c2c1[nH]c(=S)n2CCc1nccn1C. The summed E-state index contributed by atoms with van der Waals surface area (Å²) in [6, 6.07) is 0. The molecule has 0 fully saturated rings. The fourth-order valence-corrected chi connectivity index (χ4v) is 2.86. The van der Waals surface area contributed by atoms with Crippen molar-refractivity contribution in [2.75, 3.05) is 0 Å². The average Bonchev–Trinajstić information content (AvgIpc) is 3.05. The molecule has 0 saturated carbocycles. The van der Waals surface area contributed by atoms with Crippen molar-refractivity contribution in [3.63, 3.8) is 0 Å². The van der Waals surface area contributed by atoms with Gasteiger partial charge in [-0.3, -0.25) is 4.68 Å². The maximum atomic E-state index is 5.44. The monoisotopic (exact) mass is 290 g/mol. The normalized spacial score (nSPS) is 11.6. The van der Waals surface area contributed by atoms with Gasteiger partial charge in [0.25, 0.3) is 0 Å². The average molecular weight is 290 g/mol. The molecule has 6 nitrogen and oxygen atoms in total. The molecular weight excluding hydrogens is 272 g/mol. The molecule has 1 N–H and O–H groups in total. The number of rotatable bonds is 4. The Balaban J connectivity index is 1.99. The zero-order chi connectivity index (χ0) is 14.3. The van der Waals surface area contributed by atoms with E-state index in [2.05, 4.69) is 26.6 Å². The Hall–Kier alpha value is -1.89. The molecule has 3 rings (SSSR count). The molecule has 0 aliphatic heterocycles. The van der Waals surface area contributed by atoms with Crippen molar-refractivity contribution < 1.29 is 0 Å². The van der Waals surface area contributed by atoms with E-state index in [0.29, 0.717) is 0 Å². The van der Waals surface area contributed by atoms with Gasteiger partial charge in [0, 0.05) is 39.5 Å². The lowest BCUT2D eigenvalue weighted by Gasteiger charge is -2.05. The van der Waals surface area contributed by atoms with E-state index < -0.39 is 0 Å². The largest absolute Gasteiger partial charge is 0.338 e. The minimum atomic E-state index is 0.747. The molecule has 0 aromatic carbocycles. The van der Waals surface area contributed by atoms with E-state index in [0.717, 1.165) is 46.8 Å². The summed E-state index contributed by atoms with van der Waals surface area (Å²) in [5, 5.41) is 4.53. The highest BCUT2D eigenvalue weighted by Crippen LogP contribution is 2.18. The topological polar surface area (TPSA) is 56.4 Å². The third-order valence-corrected chi connectivity index (χ3v) is 3.96. The second-order valence-electron chi connectivity index (χ2n) is 4.91. The minimum absolute atomic E-state index is 0.747. The minimum Gasteiger partial charge on any atom is -0.338 e. The highest BCUT2D eigenvalue weighted by Gasteiger charge is 2.14. The second kappa shape index (κ2) is 4.90. The van der Waals surface area contributed by atoms with E-state index in [4.69, 9.17) is 12.2 Å². The summed E-state index contributed by atoms with van der Waals surface area (Å²) in [7, 11) is 3.97. The zero-order valence-corrected chi connectivity index (χ0v) is 12.7. The number of hydrogen-bond donors (Lipinski definition) is 1. The van der Waals surface area contributed by atoms with Gasteiger partial charge in [-0.2, -0.15) is 5.10 Å². The molecule has 0 bridgehead atoms. The Kier molecular flexibility index (Phi) is 3.21. The number of fused-ring (bicyclic) bond motifs is 1. The van der Waals surface area contributed by atoms with Crippen molar-refractivity contribution in [3.05, 3.63) is 28.7 Å². The third kappa shape index (κ3) is 1.98.